The van der Waals surface area contributed by atoms with Gasteiger partial charge in [0.15, 0.2) is 0 Å². The van der Waals surface area contributed by atoms with Gasteiger partial charge in [-0.1, -0.05) is 36.7 Å². The Morgan fingerprint density at radius 3 is 2.61 bits per heavy atom. The Balaban J connectivity index is 2.23. The number of hydrogen-bond acceptors (Lipinski definition) is 2. The Kier molecular flexibility index (Phi) is 3.64. The summed E-state index contributed by atoms with van der Waals surface area (Å²) in [5, 5.41) is 4.62. The number of amides is 1. The summed E-state index contributed by atoms with van der Waals surface area (Å²) in [5.74, 6) is 0.171. The van der Waals surface area contributed by atoms with Crippen LogP contribution >= 0.6 is 11.6 Å². The molecule has 1 aromatic rings. The number of carbonyl (C=O) groups excluding carboxylic acids is 1. The molecule has 0 saturated carbocycles. The van der Waals surface area contributed by atoms with Crippen LogP contribution in [-0.2, 0) is 11.3 Å². The van der Waals surface area contributed by atoms with E-state index in [4.69, 9.17) is 11.6 Å². The Morgan fingerprint density at radius 2 is 2.00 bits per heavy atom. The largest absolute Gasteiger partial charge is 0.273 e. The lowest BCUT2D eigenvalue weighted by molar-refractivity contribution is -0.143. The van der Waals surface area contributed by atoms with Gasteiger partial charge in [-0.25, -0.2) is 5.01 Å². The molecule has 2 rings (SSSR count). The van der Waals surface area contributed by atoms with E-state index in [9.17, 15) is 4.79 Å². The molecule has 0 unspecified atom stereocenters. The van der Waals surface area contributed by atoms with E-state index in [0.29, 0.717) is 11.6 Å². The van der Waals surface area contributed by atoms with Crippen LogP contribution in [0.25, 0.3) is 0 Å². The fraction of sp³-hybridized carbons (Fsp3) is 0.500. The highest BCUT2D eigenvalue weighted by Crippen LogP contribution is 2.31. The second-order valence-corrected chi connectivity index (χ2v) is 5.73. The number of hydrogen-bond donors (Lipinski definition) is 0. The van der Waals surface area contributed by atoms with Crippen LogP contribution in [0, 0.1) is 5.41 Å². The molecule has 0 spiro atoms. The first-order valence-electron chi connectivity index (χ1n) is 6.26. The number of carbonyl (C=O) groups is 1. The van der Waals surface area contributed by atoms with Crippen molar-refractivity contribution in [2.75, 3.05) is 13.1 Å². The van der Waals surface area contributed by atoms with Crippen molar-refractivity contribution in [2.24, 2.45) is 5.41 Å². The first-order valence-corrected chi connectivity index (χ1v) is 6.63. The number of benzene rings is 1. The van der Waals surface area contributed by atoms with Crippen molar-refractivity contribution in [1.29, 1.82) is 0 Å². The van der Waals surface area contributed by atoms with Gasteiger partial charge in [0.25, 0.3) is 0 Å². The Labute approximate surface area is 113 Å². The Bertz CT molecular complexity index is 459. The van der Waals surface area contributed by atoms with Gasteiger partial charge in [-0.2, -0.15) is 0 Å². The van der Waals surface area contributed by atoms with Gasteiger partial charge in [0, 0.05) is 18.1 Å². The highest BCUT2D eigenvalue weighted by atomic mass is 35.5. The molecule has 1 amide bonds. The van der Waals surface area contributed by atoms with Gasteiger partial charge in [-0.05, 0) is 25.5 Å². The third-order valence-electron chi connectivity index (χ3n) is 3.38. The van der Waals surface area contributed by atoms with Crippen molar-refractivity contribution >= 4 is 17.5 Å². The van der Waals surface area contributed by atoms with Gasteiger partial charge in [-0.15, -0.1) is 0 Å². The second-order valence-electron chi connectivity index (χ2n) is 5.32. The van der Waals surface area contributed by atoms with Crippen molar-refractivity contribution in [3.63, 3.8) is 0 Å². The quantitative estimate of drug-likeness (QED) is 0.840. The molecule has 98 valence electrons. The summed E-state index contributed by atoms with van der Waals surface area (Å²) < 4.78 is 0. The molecule has 3 nitrogen and oxygen atoms in total. The van der Waals surface area contributed by atoms with Crippen molar-refractivity contribution in [3.8, 4) is 0 Å². The fourth-order valence-corrected chi connectivity index (χ4v) is 2.52. The second kappa shape index (κ2) is 4.90. The number of nitrogens with zero attached hydrogens (tertiary/aromatic N) is 2. The van der Waals surface area contributed by atoms with Crippen molar-refractivity contribution in [3.05, 3.63) is 34.9 Å². The number of rotatable bonds is 3. The van der Waals surface area contributed by atoms with Gasteiger partial charge in [0.05, 0.1) is 12.0 Å². The van der Waals surface area contributed by atoms with Crippen molar-refractivity contribution in [1.82, 2.24) is 10.0 Å². The minimum absolute atomic E-state index is 0.171. The van der Waals surface area contributed by atoms with Gasteiger partial charge in [0.1, 0.15) is 0 Å². The van der Waals surface area contributed by atoms with Crippen LogP contribution in [0.5, 0.6) is 0 Å². The molecule has 4 heteroatoms. The van der Waals surface area contributed by atoms with Crippen LogP contribution in [0.4, 0.5) is 0 Å². The van der Waals surface area contributed by atoms with Gasteiger partial charge >= 0.3 is 0 Å². The standard InChI is InChI=1S/C14H19ClN2O/c1-4-16-10-14(2,3)13(18)17(16)9-11-7-5-6-8-12(11)15/h5-8H,4,9-10H2,1-3H3. The van der Waals surface area contributed by atoms with Gasteiger partial charge in [-0.3, -0.25) is 9.80 Å². The van der Waals surface area contributed by atoms with E-state index < -0.39 is 0 Å². The van der Waals surface area contributed by atoms with E-state index in [1.807, 2.05) is 43.1 Å². The summed E-state index contributed by atoms with van der Waals surface area (Å²) >= 11 is 6.16. The normalized spacial score (nSPS) is 19.6. The molecule has 0 aromatic heterocycles. The molecule has 1 fully saturated rings. The molecule has 1 heterocycles. The maximum Gasteiger partial charge on any atom is 0.244 e. The minimum atomic E-state index is -0.308. The third-order valence-corrected chi connectivity index (χ3v) is 3.74. The van der Waals surface area contributed by atoms with Crippen LogP contribution in [0.2, 0.25) is 5.02 Å². The summed E-state index contributed by atoms with van der Waals surface area (Å²) in [5.41, 5.74) is 0.681. The predicted octanol–water partition coefficient (Wildman–Crippen LogP) is 2.95. The summed E-state index contributed by atoms with van der Waals surface area (Å²) in [4.78, 5) is 12.4. The fourth-order valence-electron chi connectivity index (χ4n) is 2.33. The molecule has 0 aliphatic carbocycles. The predicted molar refractivity (Wildman–Crippen MR) is 73.0 cm³/mol. The SMILES string of the molecule is CCN1CC(C)(C)C(=O)N1Cc1ccccc1Cl. The molecule has 1 aliphatic rings. The van der Waals surface area contributed by atoms with E-state index in [-0.39, 0.29) is 11.3 Å². The zero-order valence-corrected chi connectivity index (χ0v) is 11.9. The van der Waals surface area contributed by atoms with Crippen molar-refractivity contribution < 1.29 is 4.79 Å². The topological polar surface area (TPSA) is 23.6 Å². The number of hydrazine groups is 1. The van der Waals surface area contributed by atoms with Crippen LogP contribution < -0.4 is 0 Å². The minimum Gasteiger partial charge on any atom is -0.273 e. The van der Waals surface area contributed by atoms with Crippen LogP contribution in [0.1, 0.15) is 26.3 Å². The van der Waals surface area contributed by atoms with Crippen LogP contribution in [0.15, 0.2) is 24.3 Å². The molecular weight excluding hydrogens is 248 g/mol. The highest BCUT2D eigenvalue weighted by molar-refractivity contribution is 6.31. The maximum absolute atomic E-state index is 12.4. The molecule has 0 radical (unpaired) electrons. The summed E-state index contributed by atoms with van der Waals surface area (Å²) in [7, 11) is 0. The highest BCUT2D eigenvalue weighted by Gasteiger charge is 2.43. The van der Waals surface area contributed by atoms with E-state index >= 15 is 0 Å². The molecule has 1 aromatic carbocycles. The van der Waals surface area contributed by atoms with E-state index in [1.165, 1.54) is 0 Å². The van der Waals surface area contributed by atoms with Gasteiger partial charge < -0.3 is 0 Å². The number of halogens is 1. The van der Waals surface area contributed by atoms with Crippen LogP contribution in [0.3, 0.4) is 0 Å². The summed E-state index contributed by atoms with van der Waals surface area (Å²) in [6.07, 6.45) is 0. The average Bonchev–Trinajstić information content (AvgIpc) is 2.55. The lowest BCUT2D eigenvalue weighted by Gasteiger charge is -2.27. The zero-order valence-electron chi connectivity index (χ0n) is 11.1. The summed E-state index contributed by atoms with van der Waals surface area (Å²) in [6, 6.07) is 7.68. The first-order chi connectivity index (χ1) is 8.45. The van der Waals surface area contributed by atoms with Crippen molar-refractivity contribution in [2.45, 2.75) is 27.3 Å². The van der Waals surface area contributed by atoms with E-state index in [1.54, 1.807) is 0 Å². The lowest BCUT2D eigenvalue weighted by Crippen LogP contribution is -2.38. The molecule has 0 N–H and O–H groups in total. The zero-order chi connectivity index (χ0) is 13.3. The maximum atomic E-state index is 12.4. The monoisotopic (exact) mass is 266 g/mol. The summed E-state index contributed by atoms with van der Waals surface area (Å²) in [6.45, 7) is 8.20. The lowest BCUT2D eigenvalue weighted by atomic mass is 9.94. The van der Waals surface area contributed by atoms with Gasteiger partial charge in [0.2, 0.25) is 5.91 Å². The molecule has 1 aliphatic heterocycles. The molecule has 1 saturated heterocycles. The smallest absolute Gasteiger partial charge is 0.244 e. The average molecular weight is 267 g/mol. The Hall–Kier alpha value is -1.06. The van der Waals surface area contributed by atoms with E-state index in [2.05, 4.69) is 11.9 Å². The van der Waals surface area contributed by atoms with Crippen LogP contribution in [-0.4, -0.2) is 29.0 Å². The molecule has 0 atom stereocenters. The molecular formula is C14H19ClN2O. The Morgan fingerprint density at radius 1 is 1.33 bits per heavy atom. The third kappa shape index (κ3) is 2.38. The first kappa shape index (κ1) is 13.4. The molecule has 18 heavy (non-hydrogen) atoms. The molecule has 0 bridgehead atoms. The van der Waals surface area contributed by atoms with E-state index in [0.717, 1.165) is 18.7 Å².